The Labute approximate surface area is 164 Å². The predicted molar refractivity (Wildman–Crippen MR) is 105 cm³/mol. The quantitative estimate of drug-likeness (QED) is 0.652. The molecule has 8 heteroatoms. The molecule has 2 aromatic rings. The van der Waals surface area contributed by atoms with Gasteiger partial charge in [-0.1, -0.05) is 43.2 Å². The zero-order chi connectivity index (χ0) is 19.5. The van der Waals surface area contributed by atoms with Gasteiger partial charge in [-0.3, -0.25) is 15.4 Å². The van der Waals surface area contributed by atoms with Crippen molar-refractivity contribution in [3.8, 4) is 0 Å². The van der Waals surface area contributed by atoms with E-state index in [2.05, 4.69) is 26.4 Å². The van der Waals surface area contributed by atoms with Crippen molar-refractivity contribution in [2.45, 2.75) is 51.5 Å². The summed E-state index contributed by atoms with van der Waals surface area (Å²) in [5.74, 6) is 0.614. The second-order valence-electron chi connectivity index (χ2n) is 7.48. The zero-order valence-corrected chi connectivity index (χ0v) is 15.9. The summed E-state index contributed by atoms with van der Waals surface area (Å²) >= 11 is 0. The summed E-state index contributed by atoms with van der Waals surface area (Å²) in [5, 5.41) is 16.6. The van der Waals surface area contributed by atoms with Gasteiger partial charge in [-0.25, -0.2) is 9.48 Å². The van der Waals surface area contributed by atoms with Crippen LogP contribution in [0.15, 0.2) is 36.4 Å². The number of anilines is 1. The van der Waals surface area contributed by atoms with E-state index in [1.807, 2.05) is 37.3 Å². The molecular weight excluding hydrogens is 356 g/mol. The number of urea groups is 1. The van der Waals surface area contributed by atoms with Gasteiger partial charge in [-0.05, 0) is 25.3 Å². The lowest BCUT2D eigenvalue weighted by atomic mass is 9.83. The Bertz CT molecular complexity index is 850. The summed E-state index contributed by atoms with van der Waals surface area (Å²) in [7, 11) is 0. The molecule has 1 aromatic carbocycles. The van der Waals surface area contributed by atoms with Crippen LogP contribution in [0.2, 0.25) is 0 Å². The molecule has 3 amide bonds. The van der Waals surface area contributed by atoms with Gasteiger partial charge in [0.05, 0.1) is 11.6 Å². The van der Waals surface area contributed by atoms with Crippen molar-refractivity contribution >= 4 is 17.8 Å². The Morgan fingerprint density at radius 3 is 2.86 bits per heavy atom. The van der Waals surface area contributed by atoms with Crippen LogP contribution in [0.3, 0.4) is 0 Å². The van der Waals surface area contributed by atoms with E-state index in [4.69, 9.17) is 0 Å². The largest absolute Gasteiger partial charge is 0.334 e. The molecule has 0 bridgehead atoms. The lowest BCUT2D eigenvalue weighted by Crippen LogP contribution is -2.59. The molecule has 4 N–H and O–H groups in total. The Morgan fingerprint density at radius 1 is 1.25 bits per heavy atom. The van der Waals surface area contributed by atoms with Gasteiger partial charge in [0.25, 0.3) is 0 Å². The Balaban J connectivity index is 1.43. The fourth-order valence-corrected chi connectivity index (χ4v) is 4.01. The lowest BCUT2D eigenvalue weighted by molar-refractivity contribution is -0.132. The fraction of sp³-hybridized carbons (Fsp3) is 0.450. The van der Waals surface area contributed by atoms with Crippen LogP contribution in [-0.4, -0.2) is 27.8 Å². The highest BCUT2D eigenvalue weighted by Crippen LogP contribution is 2.29. The third-order valence-corrected chi connectivity index (χ3v) is 5.39. The van der Waals surface area contributed by atoms with Gasteiger partial charge in [-0.15, -0.1) is 0 Å². The topological polar surface area (TPSA) is 100 Å². The number of rotatable bonds is 4. The molecule has 3 unspecified atom stereocenters. The molecule has 148 valence electrons. The summed E-state index contributed by atoms with van der Waals surface area (Å²) in [6, 6.07) is 11.3. The summed E-state index contributed by atoms with van der Waals surface area (Å²) in [4.78, 5) is 24.9. The Kier molecular flexibility index (Phi) is 5.29. The number of carbonyl (C=O) groups is 2. The molecule has 0 spiro atoms. The smallest absolute Gasteiger partial charge is 0.320 e. The standard InChI is InChI=1S/C20H26N6O2/c1-13-11-17(23-20(28)21-12-14-7-3-2-4-8-14)26(25-13)19-22-16-10-6-5-9-15(16)18(27)24-19/h2-4,7-8,11,15-16,19,22H,5-6,9-10,12H2,1H3,(H,24,27)(H2,21,23,28). The first-order chi connectivity index (χ1) is 13.6. The molecule has 1 saturated carbocycles. The molecule has 2 heterocycles. The van der Waals surface area contributed by atoms with Crippen LogP contribution >= 0.6 is 0 Å². The van der Waals surface area contributed by atoms with Crippen molar-refractivity contribution in [3.05, 3.63) is 47.7 Å². The first kappa shape index (κ1) is 18.5. The minimum absolute atomic E-state index is 0.0206. The van der Waals surface area contributed by atoms with Crippen LogP contribution in [0, 0.1) is 12.8 Å². The average Bonchev–Trinajstić information content (AvgIpc) is 3.07. The van der Waals surface area contributed by atoms with E-state index >= 15 is 0 Å². The Hall–Kier alpha value is -2.87. The second-order valence-corrected chi connectivity index (χ2v) is 7.48. The molecule has 28 heavy (non-hydrogen) atoms. The molecule has 1 saturated heterocycles. The number of nitrogens with one attached hydrogen (secondary N) is 4. The first-order valence-corrected chi connectivity index (χ1v) is 9.81. The summed E-state index contributed by atoms with van der Waals surface area (Å²) in [5.41, 5.74) is 1.78. The van der Waals surface area contributed by atoms with Gasteiger partial charge in [-0.2, -0.15) is 5.10 Å². The van der Waals surface area contributed by atoms with Gasteiger partial charge in [0, 0.05) is 18.7 Å². The molecule has 1 aliphatic carbocycles. The third-order valence-electron chi connectivity index (χ3n) is 5.39. The van der Waals surface area contributed by atoms with Crippen molar-refractivity contribution in [1.82, 2.24) is 25.7 Å². The number of nitrogens with zero attached hydrogens (tertiary/aromatic N) is 2. The number of fused-ring (bicyclic) bond motifs is 1. The van der Waals surface area contributed by atoms with Crippen LogP contribution in [0.25, 0.3) is 0 Å². The number of benzene rings is 1. The van der Waals surface area contributed by atoms with Gasteiger partial charge >= 0.3 is 6.03 Å². The van der Waals surface area contributed by atoms with E-state index in [1.54, 1.807) is 10.7 Å². The lowest BCUT2D eigenvalue weighted by Gasteiger charge is -2.40. The van der Waals surface area contributed by atoms with Crippen molar-refractivity contribution in [2.75, 3.05) is 5.32 Å². The SMILES string of the molecule is Cc1cc(NC(=O)NCc2ccccc2)n(C2NC(=O)C3CCCCC3N2)n1. The fourth-order valence-electron chi connectivity index (χ4n) is 4.01. The van der Waals surface area contributed by atoms with Crippen LogP contribution < -0.4 is 21.3 Å². The summed E-state index contributed by atoms with van der Waals surface area (Å²) in [6.07, 6.45) is 3.65. The van der Waals surface area contributed by atoms with Gasteiger partial charge in [0.1, 0.15) is 5.82 Å². The normalized spacial score (nSPS) is 24.2. The van der Waals surface area contributed by atoms with Gasteiger partial charge in [0.15, 0.2) is 6.29 Å². The minimum Gasteiger partial charge on any atom is -0.334 e. The van der Waals surface area contributed by atoms with Crippen LogP contribution in [0.5, 0.6) is 0 Å². The molecular formula is C20H26N6O2. The van der Waals surface area contributed by atoms with Gasteiger partial charge < -0.3 is 10.6 Å². The Morgan fingerprint density at radius 2 is 2.04 bits per heavy atom. The first-order valence-electron chi connectivity index (χ1n) is 9.81. The number of hydrogen-bond donors (Lipinski definition) is 4. The monoisotopic (exact) mass is 382 g/mol. The maximum atomic E-state index is 12.5. The van der Waals surface area contributed by atoms with Crippen LogP contribution in [-0.2, 0) is 11.3 Å². The summed E-state index contributed by atoms with van der Waals surface area (Å²) in [6.45, 7) is 2.29. The maximum Gasteiger partial charge on any atom is 0.320 e. The molecule has 4 rings (SSSR count). The van der Waals surface area contributed by atoms with Crippen molar-refractivity contribution in [2.24, 2.45) is 5.92 Å². The van der Waals surface area contributed by atoms with E-state index in [-0.39, 0.29) is 23.9 Å². The van der Waals surface area contributed by atoms with E-state index in [9.17, 15) is 9.59 Å². The van der Waals surface area contributed by atoms with Crippen molar-refractivity contribution < 1.29 is 9.59 Å². The van der Waals surface area contributed by atoms with Crippen LogP contribution in [0.1, 0.15) is 43.2 Å². The minimum atomic E-state index is -0.468. The van der Waals surface area contributed by atoms with Crippen molar-refractivity contribution in [1.29, 1.82) is 0 Å². The predicted octanol–water partition coefficient (Wildman–Crippen LogP) is 2.25. The molecule has 8 nitrogen and oxygen atoms in total. The van der Waals surface area contributed by atoms with E-state index in [0.29, 0.717) is 12.4 Å². The highest BCUT2D eigenvalue weighted by molar-refractivity contribution is 5.88. The molecule has 1 aliphatic heterocycles. The van der Waals surface area contributed by atoms with Crippen LogP contribution in [0.4, 0.5) is 10.6 Å². The molecule has 2 fully saturated rings. The number of aryl methyl sites for hydroxylation is 1. The van der Waals surface area contributed by atoms with Crippen molar-refractivity contribution in [3.63, 3.8) is 0 Å². The third kappa shape index (κ3) is 4.01. The maximum absolute atomic E-state index is 12.5. The zero-order valence-electron chi connectivity index (χ0n) is 15.9. The molecule has 0 radical (unpaired) electrons. The van der Waals surface area contributed by atoms with E-state index in [0.717, 1.165) is 36.9 Å². The van der Waals surface area contributed by atoms with Gasteiger partial charge in [0.2, 0.25) is 5.91 Å². The average molecular weight is 382 g/mol. The number of hydrogen-bond acceptors (Lipinski definition) is 4. The number of amides is 3. The number of carbonyl (C=O) groups excluding carboxylic acids is 2. The molecule has 1 aromatic heterocycles. The number of aromatic nitrogens is 2. The van der Waals surface area contributed by atoms with E-state index in [1.165, 1.54) is 0 Å². The van der Waals surface area contributed by atoms with E-state index < -0.39 is 6.29 Å². The second kappa shape index (κ2) is 8.02. The highest BCUT2D eigenvalue weighted by atomic mass is 16.2. The molecule has 2 aliphatic rings. The summed E-state index contributed by atoms with van der Waals surface area (Å²) < 4.78 is 1.64. The molecule has 3 atom stereocenters. The highest BCUT2D eigenvalue weighted by Gasteiger charge is 2.38.